The van der Waals surface area contributed by atoms with Crippen LogP contribution in [0.4, 0.5) is 11.6 Å². The molecule has 2 N–H and O–H groups in total. The van der Waals surface area contributed by atoms with Crippen molar-refractivity contribution < 1.29 is 9.53 Å². The highest BCUT2D eigenvalue weighted by atomic mass is 16.5. The molecule has 0 spiro atoms. The first-order chi connectivity index (χ1) is 17.1. The Labute approximate surface area is 204 Å². The number of nitriles is 1. The molecular formula is C25H30N8O2. The second-order valence-electron chi connectivity index (χ2n) is 9.15. The van der Waals surface area contributed by atoms with E-state index in [4.69, 9.17) is 4.74 Å². The van der Waals surface area contributed by atoms with Crippen molar-refractivity contribution in [1.29, 1.82) is 5.26 Å². The van der Waals surface area contributed by atoms with Crippen molar-refractivity contribution in [1.82, 2.24) is 24.9 Å². The van der Waals surface area contributed by atoms with E-state index in [1.807, 2.05) is 6.20 Å². The second kappa shape index (κ2) is 10.2. The zero-order valence-electron chi connectivity index (χ0n) is 19.9. The molecule has 0 atom stereocenters. The highest BCUT2D eigenvalue weighted by molar-refractivity contribution is 5.92. The summed E-state index contributed by atoms with van der Waals surface area (Å²) in [5.41, 5.74) is 2.68. The molecule has 10 heteroatoms. The van der Waals surface area contributed by atoms with Crippen LogP contribution in [0.15, 0.2) is 30.7 Å². The zero-order chi connectivity index (χ0) is 24.2. The van der Waals surface area contributed by atoms with Crippen LogP contribution in [0.1, 0.15) is 61.0 Å². The van der Waals surface area contributed by atoms with Crippen LogP contribution in [0.3, 0.4) is 0 Å². The minimum absolute atomic E-state index is 0.0491. The Hall–Kier alpha value is -3.87. The Morgan fingerprint density at radius 1 is 1.20 bits per heavy atom. The van der Waals surface area contributed by atoms with Gasteiger partial charge in [-0.15, -0.1) is 0 Å². The van der Waals surface area contributed by atoms with Gasteiger partial charge in [-0.25, -0.2) is 14.5 Å². The first-order valence-corrected chi connectivity index (χ1v) is 12.3. The number of fused-ring (bicyclic) bond motifs is 1. The fraction of sp³-hybridized carbons (Fsp3) is 0.480. The Kier molecular flexibility index (Phi) is 6.66. The Balaban J connectivity index is 1.27. The third kappa shape index (κ3) is 4.99. The lowest BCUT2D eigenvalue weighted by molar-refractivity contribution is 0.0958. The fourth-order valence-electron chi connectivity index (χ4n) is 4.94. The molecule has 1 saturated carbocycles. The number of rotatable bonds is 6. The van der Waals surface area contributed by atoms with Crippen LogP contribution in [0.25, 0.3) is 5.52 Å². The molecule has 1 saturated heterocycles. The summed E-state index contributed by atoms with van der Waals surface area (Å²) in [5.74, 6) is 0.951. The van der Waals surface area contributed by atoms with Gasteiger partial charge in [0.05, 0.1) is 24.2 Å². The van der Waals surface area contributed by atoms with E-state index in [2.05, 4.69) is 42.7 Å². The molecular weight excluding hydrogens is 444 g/mol. The molecule has 4 heterocycles. The van der Waals surface area contributed by atoms with Crippen molar-refractivity contribution in [3.8, 4) is 11.8 Å². The number of amides is 1. The van der Waals surface area contributed by atoms with Crippen molar-refractivity contribution in [2.75, 3.05) is 30.4 Å². The molecule has 0 radical (unpaired) electrons. The SMILES string of the molecule is CNC(=O)c1ccnc(NC2CCC(Oc3cc(N4CCCCC4)cn4ncc(C#N)c34)CC2)n1. The quantitative estimate of drug-likeness (QED) is 0.559. The van der Waals surface area contributed by atoms with Gasteiger partial charge in [-0.2, -0.15) is 10.4 Å². The minimum Gasteiger partial charge on any atom is -0.488 e. The van der Waals surface area contributed by atoms with Crippen LogP contribution in [-0.2, 0) is 0 Å². The summed E-state index contributed by atoms with van der Waals surface area (Å²) in [4.78, 5) is 22.8. The summed E-state index contributed by atoms with van der Waals surface area (Å²) in [7, 11) is 1.58. The predicted molar refractivity (Wildman–Crippen MR) is 132 cm³/mol. The summed E-state index contributed by atoms with van der Waals surface area (Å²) in [6.07, 6.45) is 12.4. The fourth-order valence-corrected chi connectivity index (χ4v) is 4.94. The molecule has 5 rings (SSSR count). The predicted octanol–water partition coefficient (Wildman–Crippen LogP) is 3.15. The largest absolute Gasteiger partial charge is 0.488 e. The number of pyridine rings is 1. The first-order valence-electron chi connectivity index (χ1n) is 12.3. The average Bonchev–Trinajstić information content (AvgIpc) is 3.33. The van der Waals surface area contributed by atoms with Gasteiger partial charge in [0.15, 0.2) is 0 Å². The lowest BCUT2D eigenvalue weighted by Crippen LogP contribution is -2.32. The number of piperidine rings is 1. The molecule has 2 fully saturated rings. The number of carbonyl (C=O) groups is 1. The third-order valence-corrected chi connectivity index (χ3v) is 6.82. The number of aromatic nitrogens is 4. The van der Waals surface area contributed by atoms with Gasteiger partial charge in [0, 0.05) is 38.4 Å². The standard InChI is InChI=1S/C25H30N8O2/c1-27-24(34)21-9-10-28-25(31-21)30-18-5-7-20(8-6-18)35-22-13-19(32-11-3-2-4-12-32)16-33-23(22)17(14-26)15-29-33/h9-10,13,15-16,18,20H,2-8,11-12H2,1H3,(H,27,34)(H,28,30,31). The summed E-state index contributed by atoms with van der Waals surface area (Å²) < 4.78 is 8.29. The van der Waals surface area contributed by atoms with Crippen LogP contribution in [0.5, 0.6) is 5.75 Å². The third-order valence-electron chi connectivity index (χ3n) is 6.82. The zero-order valence-corrected chi connectivity index (χ0v) is 19.9. The van der Waals surface area contributed by atoms with E-state index in [-0.39, 0.29) is 18.1 Å². The molecule has 1 aliphatic carbocycles. The number of hydrogen-bond acceptors (Lipinski definition) is 8. The number of nitrogens with one attached hydrogen (secondary N) is 2. The van der Waals surface area contributed by atoms with Crippen molar-refractivity contribution in [2.24, 2.45) is 0 Å². The van der Waals surface area contributed by atoms with Gasteiger partial charge in [-0.05, 0) is 51.0 Å². The number of carbonyl (C=O) groups excluding carboxylic acids is 1. The minimum atomic E-state index is -0.234. The van der Waals surface area contributed by atoms with Crippen LogP contribution < -0.4 is 20.3 Å². The molecule has 1 aliphatic heterocycles. The van der Waals surface area contributed by atoms with E-state index in [9.17, 15) is 10.1 Å². The summed E-state index contributed by atoms with van der Waals surface area (Å²) in [5, 5.41) is 20.0. The molecule has 182 valence electrons. The van der Waals surface area contributed by atoms with E-state index < -0.39 is 0 Å². The van der Waals surface area contributed by atoms with Crippen LogP contribution in [0.2, 0.25) is 0 Å². The Morgan fingerprint density at radius 3 is 2.74 bits per heavy atom. The van der Waals surface area contributed by atoms with Crippen molar-refractivity contribution in [3.05, 3.63) is 42.0 Å². The van der Waals surface area contributed by atoms with E-state index in [1.165, 1.54) is 19.3 Å². The number of ether oxygens (including phenoxy) is 1. The van der Waals surface area contributed by atoms with Gasteiger partial charge in [0.1, 0.15) is 28.6 Å². The van der Waals surface area contributed by atoms with Gasteiger partial charge in [-0.1, -0.05) is 0 Å². The lowest BCUT2D eigenvalue weighted by atomic mass is 9.93. The summed E-state index contributed by atoms with van der Waals surface area (Å²) in [6.45, 7) is 2.05. The van der Waals surface area contributed by atoms with Crippen LogP contribution >= 0.6 is 0 Å². The van der Waals surface area contributed by atoms with Gasteiger partial charge in [0.2, 0.25) is 5.95 Å². The summed E-state index contributed by atoms with van der Waals surface area (Å²) >= 11 is 0. The maximum Gasteiger partial charge on any atom is 0.269 e. The topological polar surface area (TPSA) is 120 Å². The first kappa shape index (κ1) is 22.9. The molecule has 1 amide bonds. The van der Waals surface area contributed by atoms with E-state index in [0.717, 1.165) is 55.7 Å². The molecule has 35 heavy (non-hydrogen) atoms. The average molecular weight is 475 g/mol. The van der Waals surface area contributed by atoms with Gasteiger partial charge < -0.3 is 20.3 Å². The number of hydrogen-bond donors (Lipinski definition) is 2. The smallest absolute Gasteiger partial charge is 0.269 e. The maximum absolute atomic E-state index is 11.8. The number of anilines is 2. The molecule has 3 aromatic heterocycles. The normalized spacial score (nSPS) is 20.3. The van der Waals surface area contributed by atoms with E-state index >= 15 is 0 Å². The molecule has 0 aromatic carbocycles. The second-order valence-corrected chi connectivity index (χ2v) is 9.15. The monoisotopic (exact) mass is 474 g/mol. The summed E-state index contributed by atoms with van der Waals surface area (Å²) in [6, 6.07) is 6.13. The van der Waals surface area contributed by atoms with E-state index in [0.29, 0.717) is 17.2 Å². The lowest BCUT2D eigenvalue weighted by Gasteiger charge is -2.31. The molecule has 0 bridgehead atoms. The van der Waals surface area contributed by atoms with Gasteiger partial charge in [0.25, 0.3) is 5.91 Å². The van der Waals surface area contributed by atoms with E-state index in [1.54, 1.807) is 30.0 Å². The van der Waals surface area contributed by atoms with Crippen molar-refractivity contribution in [3.63, 3.8) is 0 Å². The molecule has 10 nitrogen and oxygen atoms in total. The Morgan fingerprint density at radius 2 is 2.00 bits per heavy atom. The maximum atomic E-state index is 11.8. The van der Waals surface area contributed by atoms with Crippen molar-refractivity contribution in [2.45, 2.75) is 57.1 Å². The Bertz CT molecular complexity index is 1240. The highest BCUT2D eigenvalue weighted by Crippen LogP contribution is 2.33. The molecule has 0 unspecified atom stereocenters. The van der Waals surface area contributed by atoms with Gasteiger partial charge >= 0.3 is 0 Å². The highest BCUT2D eigenvalue weighted by Gasteiger charge is 2.25. The van der Waals surface area contributed by atoms with Crippen LogP contribution in [-0.4, -0.2) is 57.8 Å². The van der Waals surface area contributed by atoms with Crippen molar-refractivity contribution >= 4 is 23.1 Å². The van der Waals surface area contributed by atoms with Crippen LogP contribution in [0, 0.1) is 11.3 Å². The molecule has 3 aromatic rings. The molecule has 2 aliphatic rings. The van der Waals surface area contributed by atoms with Gasteiger partial charge in [-0.3, -0.25) is 4.79 Å². The number of nitrogens with zero attached hydrogens (tertiary/aromatic N) is 6.